The van der Waals surface area contributed by atoms with Crippen LogP contribution in [-0.4, -0.2) is 31.4 Å². The molecular formula is C17H26N2O. The summed E-state index contributed by atoms with van der Waals surface area (Å²) in [5.41, 5.74) is 2.82. The molecule has 3 heteroatoms. The predicted molar refractivity (Wildman–Crippen MR) is 84.3 cm³/mol. The van der Waals surface area contributed by atoms with E-state index >= 15 is 0 Å². The van der Waals surface area contributed by atoms with Crippen LogP contribution in [0, 0.1) is 12.8 Å². The minimum absolute atomic E-state index is 0.128. The third-order valence-electron chi connectivity index (χ3n) is 4.28. The third-order valence-corrected chi connectivity index (χ3v) is 4.28. The summed E-state index contributed by atoms with van der Waals surface area (Å²) in [5.74, 6) is 0.809. The molecule has 0 saturated heterocycles. The van der Waals surface area contributed by atoms with E-state index < -0.39 is 0 Å². The van der Waals surface area contributed by atoms with Crippen molar-refractivity contribution >= 4 is 11.6 Å². The zero-order valence-electron chi connectivity index (χ0n) is 12.9. The molecule has 1 aliphatic rings. The molecule has 0 heterocycles. The van der Waals surface area contributed by atoms with Gasteiger partial charge >= 0.3 is 0 Å². The molecule has 110 valence electrons. The van der Waals surface area contributed by atoms with Crippen molar-refractivity contribution in [3.63, 3.8) is 0 Å². The lowest BCUT2D eigenvalue weighted by molar-refractivity contribution is 0.0761. The van der Waals surface area contributed by atoms with Gasteiger partial charge in [0.15, 0.2) is 0 Å². The fourth-order valence-corrected chi connectivity index (χ4v) is 3.10. The number of anilines is 1. The highest BCUT2D eigenvalue weighted by Gasteiger charge is 2.20. The molecule has 1 fully saturated rings. The number of nitrogens with zero attached hydrogens (tertiary/aromatic N) is 1. The van der Waals surface area contributed by atoms with Gasteiger partial charge in [0.05, 0.1) is 5.56 Å². The van der Waals surface area contributed by atoms with E-state index in [-0.39, 0.29) is 5.91 Å². The van der Waals surface area contributed by atoms with Crippen LogP contribution in [-0.2, 0) is 0 Å². The summed E-state index contributed by atoms with van der Waals surface area (Å²) in [7, 11) is 3.79. The molecule has 1 N–H and O–H groups in total. The molecule has 0 aromatic heterocycles. The second kappa shape index (κ2) is 6.78. The van der Waals surface area contributed by atoms with Crippen LogP contribution < -0.4 is 5.32 Å². The summed E-state index contributed by atoms with van der Waals surface area (Å²) in [6.45, 7) is 2.91. The minimum Gasteiger partial charge on any atom is -0.387 e. The van der Waals surface area contributed by atoms with Crippen molar-refractivity contribution in [2.24, 2.45) is 5.92 Å². The van der Waals surface area contributed by atoms with Gasteiger partial charge in [-0.3, -0.25) is 4.79 Å². The quantitative estimate of drug-likeness (QED) is 0.908. The van der Waals surface area contributed by atoms with Crippen LogP contribution in [0.4, 0.5) is 5.69 Å². The smallest absolute Gasteiger partial charge is 0.255 e. The van der Waals surface area contributed by atoms with Gasteiger partial charge < -0.3 is 10.2 Å². The monoisotopic (exact) mass is 274 g/mol. The van der Waals surface area contributed by atoms with Crippen molar-refractivity contribution < 1.29 is 4.79 Å². The van der Waals surface area contributed by atoms with Crippen LogP contribution in [0.3, 0.4) is 0 Å². The van der Waals surface area contributed by atoms with Gasteiger partial charge in [0, 0.05) is 26.3 Å². The lowest BCUT2D eigenvalue weighted by Gasteiger charge is -2.27. The summed E-state index contributed by atoms with van der Waals surface area (Å²) in [6, 6.07) is 5.99. The topological polar surface area (TPSA) is 32.3 Å². The van der Waals surface area contributed by atoms with Crippen LogP contribution in [0.25, 0.3) is 0 Å². The Hall–Kier alpha value is -1.51. The maximum absolute atomic E-state index is 12.6. The van der Waals surface area contributed by atoms with E-state index in [9.17, 15) is 4.79 Å². The molecule has 0 bridgehead atoms. The number of carbonyl (C=O) groups excluding carboxylic acids is 1. The normalized spacial score (nSPS) is 15.9. The van der Waals surface area contributed by atoms with Gasteiger partial charge in [-0.15, -0.1) is 0 Å². The van der Waals surface area contributed by atoms with E-state index in [0.717, 1.165) is 23.4 Å². The highest BCUT2D eigenvalue weighted by molar-refractivity contribution is 5.99. The maximum atomic E-state index is 12.6. The van der Waals surface area contributed by atoms with Crippen LogP contribution >= 0.6 is 0 Å². The largest absolute Gasteiger partial charge is 0.387 e. The van der Waals surface area contributed by atoms with Crippen molar-refractivity contribution in [1.29, 1.82) is 0 Å². The summed E-state index contributed by atoms with van der Waals surface area (Å²) >= 11 is 0. The second-order valence-electron chi connectivity index (χ2n) is 5.99. The molecule has 0 aliphatic heterocycles. The van der Waals surface area contributed by atoms with Gasteiger partial charge in [0.1, 0.15) is 0 Å². The first-order valence-electron chi connectivity index (χ1n) is 7.65. The van der Waals surface area contributed by atoms with Gasteiger partial charge in [-0.2, -0.15) is 0 Å². The molecular weight excluding hydrogens is 248 g/mol. The second-order valence-corrected chi connectivity index (χ2v) is 5.99. The molecule has 0 atom stereocenters. The molecule has 20 heavy (non-hydrogen) atoms. The summed E-state index contributed by atoms with van der Waals surface area (Å²) in [5, 5.41) is 3.11. The Labute approximate surface area is 122 Å². The Morgan fingerprint density at radius 2 is 2.00 bits per heavy atom. The molecule has 0 radical (unpaired) electrons. The molecule has 3 nitrogen and oxygen atoms in total. The summed E-state index contributed by atoms with van der Waals surface area (Å²) in [6.07, 6.45) is 6.53. The van der Waals surface area contributed by atoms with E-state index in [2.05, 4.69) is 5.32 Å². The van der Waals surface area contributed by atoms with Gasteiger partial charge in [-0.1, -0.05) is 30.9 Å². The first kappa shape index (κ1) is 14.9. The summed E-state index contributed by atoms with van der Waals surface area (Å²) < 4.78 is 0. The number of aryl methyl sites for hydroxylation is 1. The molecule has 1 amide bonds. The Kier molecular flexibility index (Phi) is 5.05. The van der Waals surface area contributed by atoms with Crippen molar-refractivity contribution in [3.05, 3.63) is 29.3 Å². The number of amides is 1. The first-order valence-corrected chi connectivity index (χ1v) is 7.65. The molecule has 1 aliphatic carbocycles. The fourth-order valence-electron chi connectivity index (χ4n) is 3.10. The van der Waals surface area contributed by atoms with Crippen LogP contribution in [0.2, 0.25) is 0 Å². The lowest BCUT2D eigenvalue weighted by Crippen LogP contribution is -2.33. The van der Waals surface area contributed by atoms with Gasteiger partial charge in [0.2, 0.25) is 0 Å². The number of hydrogen-bond acceptors (Lipinski definition) is 2. The number of hydrogen-bond donors (Lipinski definition) is 1. The molecule has 0 unspecified atom stereocenters. The van der Waals surface area contributed by atoms with Gasteiger partial charge in [-0.25, -0.2) is 0 Å². The number of rotatable bonds is 4. The summed E-state index contributed by atoms with van der Waals surface area (Å²) in [4.78, 5) is 14.5. The van der Waals surface area contributed by atoms with E-state index in [1.54, 1.807) is 0 Å². The molecule has 0 spiro atoms. The van der Waals surface area contributed by atoms with Crippen LogP contribution in [0.1, 0.15) is 48.0 Å². The van der Waals surface area contributed by atoms with E-state index in [1.165, 1.54) is 32.1 Å². The first-order chi connectivity index (χ1) is 9.61. The predicted octanol–water partition coefficient (Wildman–Crippen LogP) is 3.69. The highest BCUT2D eigenvalue weighted by Crippen LogP contribution is 2.25. The Morgan fingerprint density at radius 3 is 2.65 bits per heavy atom. The third kappa shape index (κ3) is 3.53. The minimum atomic E-state index is 0.128. The van der Waals surface area contributed by atoms with E-state index in [1.807, 2.05) is 44.1 Å². The average molecular weight is 274 g/mol. The van der Waals surface area contributed by atoms with E-state index in [0.29, 0.717) is 5.92 Å². The average Bonchev–Trinajstić information content (AvgIpc) is 2.47. The van der Waals surface area contributed by atoms with Crippen molar-refractivity contribution in [2.45, 2.75) is 39.0 Å². The number of carbonyl (C=O) groups is 1. The van der Waals surface area contributed by atoms with Crippen molar-refractivity contribution in [3.8, 4) is 0 Å². The van der Waals surface area contributed by atoms with Crippen LogP contribution in [0.15, 0.2) is 18.2 Å². The molecule has 1 saturated carbocycles. The number of benzene rings is 1. The molecule has 1 aromatic rings. The Balaban J connectivity index is 2.07. The van der Waals surface area contributed by atoms with E-state index in [4.69, 9.17) is 0 Å². The molecule has 2 rings (SSSR count). The standard InChI is InChI=1S/C17H26N2O/c1-13-9-10-16(18-2)15(11-13)17(20)19(3)12-14-7-5-4-6-8-14/h9-11,14,18H,4-8,12H2,1-3H3. The number of nitrogens with one attached hydrogen (secondary N) is 1. The van der Waals surface area contributed by atoms with Crippen LogP contribution in [0.5, 0.6) is 0 Å². The Morgan fingerprint density at radius 1 is 1.30 bits per heavy atom. The SMILES string of the molecule is CNc1ccc(C)cc1C(=O)N(C)CC1CCCCC1. The maximum Gasteiger partial charge on any atom is 0.255 e. The van der Waals surface area contributed by atoms with Gasteiger partial charge in [0.25, 0.3) is 5.91 Å². The molecule has 1 aromatic carbocycles. The Bertz CT molecular complexity index is 464. The van der Waals surface area contributed by atoms with Crippen molar-refractivity contribution in [1.82, 2.24) is 4.90 Å². The van der Waals surface area contributed by atoms with Gasteiger partial charge in [-0.05, 0) is 37.8 Å². The fraction of sp³-hybridized carbons (Fsp3) is 0.588. The lowest BCUT2D eigenvalue weighted by atomic mass is 9.89. The zero-order chi connectivity index (χ0) is 14.5. The zero-order valence-corrected chi connectivity index (χ0v) is 12.9. The highest BCUT2D eigenvalue weighted by atomic mass is 16.2. The van der Waals surface area contributed by atoms with Crippen molar-refractivity contribution in [2.75, 3.05) is 26.0 Å².